The van der Waals surface area contributed by atoms with Crippen LogP contribution in [0.5, 0.6) is 0 Å². The third-order valence-corrected chi connectivity index (χ3v) is 3.04. The standard InChI is InChI=1S/C13H14O2/c1-3-7-14-12-10-5-6-11(9-10)13(12)15-8-4-2/h1-2,5-6,10-13H,7-9H2/t10-,11+,12-,13+. The van der Waals surface area contributed by atoms with E-state index in [9.17, 15) is 0 Å². The summed E-state index contributed by atoms with van der Waals surface area (Å²) in [6.45, 7) is 0.690. The molecule has 1 saturated carbocycles. The summed E-state index contributed by atoms with van der Waals surface area (Å²) >= 11 is 0. The van der Waals surface area contributed by atoms with Crippen LogP contribution < -0.4 is 0 Å². The lowest BCUT2D eigenvalue weighted by Gasteiger charge is -2.26. The first-order valence-electron chi connectivity index (χ1n) is 5.15. The molecule has 0 saturated heterocycles. The third kappa shape index (κ3) is 1.92. The Morgan fingerprint density at radius 1 is 1.00 bits per heavy atom. The molecule has 78 valence electrons. The second kappa shape index (κ2) is 4.53. The Hall–Kier alpha value is -1.22. The first-order valence-corrected chi connectivity index (χ1v) is 5.15. The van der Waals surface area contributed by atoms with Gasteiger partial charge in [-0.25, -0.2) is 0 Å². The predicted octanol–water partition coefficient (Wildman–Crippen LogP) is 1.23. The lowest BCUT2D eigenvalue weighted by molar-refractivity contribution is -0.0599. The number of ether oxygens (including phenoxy) is 2. The molecule has 0 spiro atoms. The number of terminal acetylenes is 2. The summed E-state index contributed by atoms with van der Waals surface area (Å²) in [6.07, 6.45) is 16.0. The molecule has 0 radical (unpaired) electrons. The molecule has 1 fully saturated rings. The largest absolute Gasteiger partial charge is 0.362 e. The maximum absolute atomic E-state index is 5.61. The van der Waals surface area contributed by atoms with Gasteiger partial charge in [0.25, 0.3) is 0 Å². The zero-order valence-electron chi connectivity index (χ0n) is 8.56. The molecule has 0 aromatic carbocycles. The van der Waals surface area contributed by atoms with E-state index in [0.717, 1.165) is 6.42 Å². The number of fused-ring (bicyclic) bond motifs is 2. The second-order valence-corrected chi connectivity index (χ2v) is 3.91. The van der Waals surface area contributed by atoms with Gasteiger partial charge >= 0.3 is 0 Å². The second-order valence-electron chi connectivity index (χ2n) is 3.91. The van der Waals surface area contributed by atoms with E-state index in [1.54, 1.807) is 0 Å². The Kier molecular flexibility index (Phi) is 3.11. The SMILES string of the molecule is C#CCO[C@@H]1[C@H](OCC#C)[C@@H]2C=C[C@H]1C2. The molecule has 2 heteroatoms. The molecule has 2 rings (SSSR count). The maximum Gasteiger partial charge on any atom is 0.107 e. The van der Waals surface area contributed by atoms with Gasteiger partial charge in [0.1, 0.15) is 13.2 Å². The fourth-order valence-corrected chi connectivity index (χ4v) is 2.46. The first kappa shape index (κ1) is 10.3. The molecule has 0 N–H and O–H groups in total. The lowest BCUT2D eigenvalue weighted by Crippen LogP contribution is -2.35. The Labute approximate surface area is 90.6 Å². The van der Waals surface area contributed by atoms with Crippen molar-refractivity contribution in [1.82, 2.24) is 0 Å². The molecule has 2 bridgehead atoms. The van der Waals surface area contributed by atoms with Crippen molar-refractivity contribution in [3.05, 3.63) is 12.2 Å². The van der Waals surface area contributed by atoms with Crippen molar-refractivity contribution in [2.45, 2.75) is 18.6 Å². The van der Waals surface area contributed by atoms with Crippen molar-refractivity contribution in [2.24, 2.45) is 11.8 Å². The Bertz CT molecular complexity index is 299. The van der Waals surface area contributed by atoms with Crippen LogP contribution in [0.1, 0.15) is 6.42 Å². The molecule has 2 aliphatic rings. The smallest absolute Gasteiger partial charge is 0.107 e. The quantitative estimate of drug-likeness (QED) is 0.504. The summed E-state index contributed by atoms with van der Waals surface area (Å²) in [6, 6.07) is 0. The van der Waals surface area contributed by atoms with Crippen molar-refractivity contribution < 1.29 is 9.47 Å². The molecule has 0 aliphatic heterocycles. The zero-order chi connectivity index (χ0) is 10.7. The number of hydrogen-bond donors (Lipinski definition) is 0. The van der Waals surface area contributed by atoms with Gasteiger partial charge in [-0.05, 0) is 6.42 Å². The number of hydrogen-bond acceptors (Lipinski definition) is 2. The van der Waals surface area contributed by atoms with Crippen LogP contribution in [0, 0.1) is 36.5 Å². The molecule has 0 unspecified atom stereocenters. The normalized spacial score (nSPS) is 36.4. The molecule has 0 aromatic heterocycles. The molecular weight excluding hydrogens is 188 g/mol. The van der Waals surface area contributed by atoms with Gasteiger partial charge < -0.3 is 9.47 Å². The molecule has 0 heterocycles. The maximum atomic E-state index is 5.61. The lowest BCUT2D eigenvalue weighted by atomic mass is 10.0. The minimum absolute atomic E-state index is 0.0874. The Morgan fingerprint density at radius 2 is 1.47 bits per heavy atom. The average molecular weight is 202 g/mol. The molecule has 2 aliphatic carbocycles. The van der Waals surface area contributed by atoms with E-state index < -0.39 is 0 Å². The predicted molar refractivity (Wildman–Crippen MR) is 57.9 cm³/mol. The van der Waals surface area contributed by atoms with Crippen LogP contribution in [0.3, 0.4) is 0 Å². The van der Waals surface area contributed by atoms with E-state index in [0.29, 0.717) is 25.0 Å². The van der Waals surface area contributed by atoms with Crippen LogP contribution in [-0.4, -0.2) is 25.4 Å². The van der Waals surface area contributed by atoms with E-state index in [4.69, 9.17) is 22.3 Å². The fraction of sp³-hybridized carbons (Fsp3) is 0.538. The Morgan fingerprint density at radius 3 is 1.87 bits per heavy atom. The molecule has 2 nitrogen and oxygen atoms in total. The average Bonchev–Trinajstić information content (AvgIpc) is 2.83. The highest BCUT2D eigenvalue weighted by Crippen LogP contribution is 2.42. The van der Waals surface area contributed by atoms with E-state index in [2.05, 4.69) is 24.0 Å². The van der Waals surface area contributed by atoms with Gasteiger partial charge in [-0.1, -0.05) is 24.0 Å². The van der Waals surface area contributed by atoms with Crippen LogP contribution in [0.15, 0.2) is 12.2 Å². The topological polar surface area (TPSA) is 18.5 Å². The van der Waals surface area contributed by atoms with Gasteiger partial charge in [-0.2, -0.15) is 0 Å². The van der Waals surface area contributed by atoms with Gasteiger partial charge in [-0.3, -0.25) is 0 Å². The zero-order valence-corrected chi connectivity index (χ0v) is 8.56. The summed E-state index contributed by atoms with van der Waals surface area (Å²) in [4.78, 5) is 0. The fourth-order valence-electron chi connectivity index (χ4n) is 2.46. The molecular formula is C13H14O2. The minimum atomic E-state index is 0.0874. The summed E-state index contributed by atoms with van der Waals surface area (Å²) in [5.74, 6) is 5.88. The third-order valence-electron chi connectivity index (χ3n) is 3.04. The molecule has 4 atom stereocenters. The highest BCUT2D eigenvalue weighted by molar-refractivity contribution is 5.16. The van der Waals surface area contributed by atoms with Crippen molar-refractivity contribution in [2.75, 3.05) is 13.2 Å². The van der Waals surface area contributed by atoms with Gasteiger partial charge in [0.2, 0.25) is 0 Å². The first-order chi connectivity index (χ1) is 7.36. The summed E-state index contributed by atoms with van der Waals surface area (Å²) in [5.41, 5.74) is 0. The summed E-state index contributed by atoms with van der Waals surface area (Å²) in [5, 5.41) is 0. The van der Waals surface area contributed by atoms with E-state index in [1.165, 1.54) is 0 Å². The molecule has 0 aromatic rings. The number of rotatable bonds is 4. The molecule has 15 heavy (non-hydrogen) atoms. The van der Waals surface area contributed by atoms with Crippen molar-refractivity contribution in [3.8, 4) is 24.7 Å². The van der Waals surface area contributed by atoms with E-state index in [1.807, 2.05) is 0 Å². The van der Waals surface area contributed by atoms with E-state index in [-0.39, 0.29) is 12.2 Å². The Balaban J connectivity index is 1.98. The van der Waals surface area contributed by atoms with Crippen molar-refractivity contribution >= 4 is 0 Å². The van der Waals surface area contributed by atoms with E-state index >= 15 is 0 Å². The van der Waals surface area contributed by atoms with Crippen LogP contribution in [0.2, 0.25) is 0 Å². The summed E-state index contributed by atoms with van der Waals surface area (Å²) < 4.78 is 11.2. The monoisotopic (exact) mass is 202 g/mol. The van der Waals surface area contributed by atoms with Crippen LogP contribution >= 0.6 is 0 Å². The minimum Gasteiger partial charge on any atom is -0.362 e. The van der Waals surface area contributed by atoms with Gasteiger partial charge in [0, 0.05) is 11.8 Å². The van der Waals surface area contributed by atoms with Gasteiger partial charge in [0.15, 0.2) is 0 Å². The van der Waals surface area contributed by atoms with Crippen molar-refractivity contribution in [1.29, 1.82) is 0 Å². The molecule has 0 amide bonds. The van der Waals surface area contributed by atoms with Gasteiger partial charge in [-0.15, -0.1) is 12.8 Å². The van der Waals surface area contributed by atoms with Gasteiger partial charge in [0.05, 0.1) is 12.2 Å². The highest BCUT2D eigenvalue weighted by atomic mass is 16.5. The summed E-state index contributed by atoms with van der Waals surface area (Å²) in [7, 11) is 0. The van der Waals surface area contributed by atoms with Crippen molar-refractivity contribution in [3.63, 3.8) is 0 Å². The van der Waals surface area contributed by atoms with Crippen LogP contribution in [0.4, 0.5) is 0 Å². The van der Waals surface area contributed by atoms with Crippen LogP contribution in [-0.2, 0) is 9.47 Å². The van der Waals surface area contributed by atoms with Crippen LogP contribution in [0.25, 0.3) is 0 Å². The highest BCUT2D eigenvalue weighted by Gasteiger charge is 2.45.